The second kappa shape index (κ2) is 89.4. The summed E-state index contributed by atoms with van der Waals surface area (Å²) in [6.07, 6.45) is 130. The summed E-state index contributed by atoms with van der Waals surface area (Å²) in [5, 5.41) is 0.518. The Morgan fingerprint density at radius 3 is 0.463 bits per heavy atom. The second-order valence-corrected chi connectivity index (χ2v) is 46.0. The Morgan fingerprint density at radius 2 is 0.287 bits per heavy atom. The Kier molecular flexibility index (Phi) is 96.0. The maximum atomic E-state index is 2.63. The molecule has 0 fully saturated rings. The third kappa shape index (κ3) is 59.3. The van der Waals surface area contributed by atoms with Crippen molar-refractivity contribution in [2.75, 3.05) is 43.1 Å². The number of unbranched alkanes of at least 4 members (excludes halogenated alkanes) is 59. The van der Waals surface area contributed by atoms with Crippen LogP contribution in [-0.2, 0) is 0 Å². The smallest absolute Gasteiger partial charge is 0.0860 e. The van der Waals surface area contributed by atoms with Gasteiger partial charge in [-0.3, -0.25) is 0 Å². The SMILES string of the molecule is CCCCCCCCCCCCCC(CCCCCCCCCC)(CCCCCCCCCC)C(CCCCCCCCCC)(CCCCCCCCCC)C(CCCCCCCCCC)(CCCCCCCCCC)[P+](CCCC)(CCCC)CCCC.CCCC[P+](CCCC)(CCCC)CCCC.[Br-].[Cl-]. The van der Waals surface area contributed by atoms with Crippen LogP contribution in [0.25, 0.3) is 0 Å². The molecular formula is C104H216BrClP2. The molecule has 0 saturated carbocycles. The predicted molar refractivity (Wildman–Crippen MR) is 504 cm³/mol. The first-order chi connectivity index (χ1) is 52.1. The number of rotatable bonds is 90. The Balaban J connectivity index is -0.00000250. The van der Waals surface area contributed by atoms with E-state index in [0.29, 0.717) is 16.0 Å². The monoisotopic (exact) mass is 1640 g/mol. The highest BCUT2D eigenvalue weighted by Gasteiger charge is 2.70. The van der Waals surface area contributed by atoms with Crippen molar-refractivity contribution in [1.82, 2.24) is 0 Å². The summed E-state index contributed by atoms with van der Waals surface area (Å²) in [7, 11) is -2.05. The molecule has 4 heteroatoms. The third-order valence-corrected chi connectivity index (χ3v) is 38.9. The molecule has 656 valence electrons. The van der Waals surface area contributed by atoms with E-state index in [1.807, 2.05) is 0 Å². The number of hydrogen-bond donors (Lipinski definition) is 0. The Labute approximate surface area is 708 Å². The molecule has 0 amide bonds. The van der Waals surface area contributed by atoms with E-state index in [0.717, 1.165) is 0 Å². The lowest BCUT2D eigenvalue weighted by Gasteiger charge is -2.65. The van der Waals surface area contributed by atoms with Gasteiger partial charge >= 0.3 is 0 Å². The minimum Gasteiger partial charge on any atom is -1.00 e. The molecule has 0 aliphatic heterocycles. The van der Waals surface area contributed by atoms with Crippen LogP contribution in [0.3, 0.4) is 0 Å². The number of hydrogen-bond acceptors (Lipinski definition) is 0. The van der Waals surface area contributed by atoms with Crippen molar-refractivity contribution in [1.29, 1.82) is 0 Å². The third-order valence-electron chi connectivity index (χ3n) is 27.7. The van der Waals surface area contributed by atoms with Crippen molar-refractivity contribution in [3.63, 3.8) is 0 Å². The molecule has 0 nitrogen and oxygen atoms in total. The summed E-state index contributed by atoms with van der Waals surface area (Å²) >= 11 is 0. The first-order valence-corrected chi connectivity index (χ1v) is 56.7. The summed E-state index contributed by atoms with van der Waals surface area (Å²) in [4.78, 5) is 0. The summed E-state index contributed by atoms with van der Waals surface area (Å²) < 4.78 is 0. The van der Waals surface area contributed by atoms with Gasteiger partial charge in [-0.25, -0.2) is 0 Å². The lowest BCUT2D eigenvalue weighted by molar-refractivity contribution is -0.0639. The van der Waals surface area contributed by atoms with Gasteiger partial charge in [0.1, 0.15) is 0 Å². The maximum Gasteiger partial charge on any atom is 0.0860 e. The van der Waals surface area contributed by atoms with Gasteiger partial charge in [-0.1, -0.05) is 508 Å². The zero-order valence-electron chi connectivity index (χ0n) is 78.7. The molecule has 0 unspecified atom stereocenters. The molecule has 0 aliphatic rings. The quantitative estimate of drug-likeness (QED) is 0.0421. The van der Waals surface area contributed by atoms with Crippen molar-refractivity contribution < 1.29 is 29.4 Å². The normalized spacial score (nSPS) is 12.3. The Morgan fingerprint density at radius 1 is 0.148 bits per heavy atom. The lowest BCUT2D eigenvalue weighted by Crippen LogP contribution is -3.00. The van der Waals surface area contributed by atoms with Gasteiger partial charge < -0.3 is 29.4 Å². The molecule has 0 radical (unpaired) electrons. The molecule has 0 atom stereocenters. The first-order valence-electron chi connectivity index (χ1n) is 51.8. The fraction of sp³-hybridized carbons (Fsp3) is 1.00. The molecule has 0 spiro atoms. The molecule has 0 aromatic carbocycles. The first kappa shape index (κ1) is 116. The van der Waals surface area contributed by atoms with Gasteiger partial charge in [0.15, 0.2) is 0 Å². The molecule has 108 heavy (non-hydrogen) atoms. The molecule has 0 aromatic rings. The summed E-state index contributed by atoms with van der Waals surface area (Å²) in [5.74, 6) is 0. The van der Waals surface area contributed by atoms with Crippen molar-refractivity contribution in [2.45, 2.75) is 616 Å². The highest BCUT2D eigenvalue weighted by atomic mass is 79.9. The van der Waals surface area contributed by atoms with Gasteiger partial charge in [0.05, 0.1) is 48.3 Å². The van der Waals surface area contributed by atoms with E-state index < -0.39 is 14.5 Å². The molecule has 0 bridgehead atoms. The van der Waals surface area contributed by atoms with E-state index in [2.05, 4.69) is 96.9 Å². The maximum absolute atomic E-state index is 2.63. The topological polar surface area (TPSA) is 0 Å². The standard InChI is InChI=1S/C88H180P.C16H36P.BrH.ClH/c1-11-21-31-38-45-52-53-54-57-64-71-78-86(76-69-62-55-46-39-32-22-12-2,77-70-63-56-47-40-33-23-13-3)87(79-72-65-58-48-41-34-24-14-4,80-73-66-59-49-42-35-25-15-5)88(81-74-67-60-50-43-36-26-16-6,82-75-68-61-51-44-37-27-17-7)89(83-28-18-8,84-29-19-9)85-30-20-10;1-5-9-13-17(14-10-6-2,15-11-7-3)16-12-8-4;;/h11-85H2,1-10H3;5-16H2,1-4H3;2*1H/q2*+1;;/p-2. The average Bonchev–Trinajstić information content (AvgIpc) is 0.696. The van der Waals surface area contributed by atoms with Gasteiger partial charge in [-0.15, -0.1) is 0 Å². The average molecular weight is 1640 g/mol. The summed E-state index contributed by atoms with van der Waals surface area (Å²) in [5.41, 5.74) is 0.922. The van der Waals surface area contributed by atoms with Crippen molar-refractivity contribution in [3.8, 4) is 0 Å². The fourth-order valence-electron chi connectivity index (χ4n) is 20.8. The van der Waals surface area contributed by atoms with Crippen LogP contribution in [0.1, 0.15) is 611 Å². The zero-order chi connectivity index (χ0) is 78.0. The largest absolute Gasteiger partial charge is 1.00 e. The van der Waals surface area contributed by atoms with Gasteiger partial charge in [0, 0.05) is 19.9 Å². The zero-order valence-corrected chi connectivity index (χ0v) is 82.8. The lowest BCUT2D eigenvalue weighted by atomic mass is 9.47. The number of halogens is 2. The van der Waals surface area contributed by atoms with Crippen LogP contribution in [0.4, 0.5) is 0 Å². The van der Waals surface area contributed by atoms with E-state index in [-0.39, 0.29) is 29.4 Å². The summed E-state index contributed by atoms with van der Waals surface area (Å²) in [6.45, 7) is 34.2. The van der Waals surface area contributed by atoms with Gasteiger partial charge in [0.25, 0.3) is 0 Å². The van der Waals surface area contributed by atoms with Crippen LogP contribution in [0.2, 0.25) is 0 Å². The van der Waals surface area contributed by atoms with Crippen LogP contribution in [0.15, 0.2) is 0 Å². The van der Waals surface area contributed by atoms with Gasteiger partial charge in [0.2, 0.25) is 0 Å². The van der Waals surface area contributed by atoms with Crippen LogP contribution in [-0.4, -0.2) is 48.3 Å². The van der Waals surface area contributed by atoms with E-state index >= 15 is 0 Å². The highest BCUT2D eigenvalue weighted by Crippen LogP contribution is 2.83. The Bertz CT molecular complexity index is 1510. The predicted octanol–water partition coefficient (Wildman–Crippen LogP) is 34.2. The van der Waals surface area contributed by atoms with Crippen molar-refractivity contribution >= 4 is 14.5 Å². The van der Waals surface area contributed by atoms with Gasteiger partial charge in [-0.05, 0) is 108 Å². The summed E-state index contributed by atoms with van der Waals surface area (Å²) in [6, 6.07) is 0. The molecule has 0 heterocycles. The van der Waals surface area contributed by atoms with E-state index in [4.69, 9.17) is 0 Å². The molecule has 0 aliphatic carbocycles. The van der Waals surface area contributed by atoms with Crippen LogP contribution < -0.4 is 29.4 Å². The minimum atomic E-state index is -1.48. The van der Waals surface area contributed by atoms with Crippen molar-refractivity contribution in [3.05, 3.63) is 0 Å². The second-order valence-electron chi connectivity index (χ2n) is 37.1. The van der Waals surface area contributed by atoms with E-state index in [1.165, 1.54) is 443 Å². The van der Waals surface area contributed by atoms with Crippen LogP contribution in [0, 0.1) is 10.8 Å². The molecule has 0 aromatic heterocycles. The molecule has 0 rings (SSSR count). The minimum absolute atomic E-state index is 0. The fourth-order valence-corrected chi connectivity index (χ4v) is 33.4. The molecular weight excluding hydrogens is 1430 g/mol. The van der Waals surface area contributed by atoms with E-state index in [1.54, 1.807) is 114 Å². The van der Waals surface area contributed by atoms with Crippen LogP contribution >= 0.6 is 14.5 Å². The van der Waals surface area contributed by atoms with E-state index in [9.17, 15) is 0 Å². The van der Waals surface area contributed by atoms with Crippen molar-refractivity contribution in [2.24, 2.45) is 10.8 Å². The molecule has 0 saturated heterocycles. The Hall–Kier alpha value is 1.63. The molecule has 0 N–H and O–H groups in total. The highest BCUT2D eigenvalue weighted by molar-refractivity contribution is 7.77. The van der Waals surface area contributed by atoms with Crippen LogP contribution in [0.5, 0.6) is 0 Å². The van der Waals surface area contributed by atoms with Gasteiger partial charge in [-0.2, -0.15) is 0 Å².